The SMILES string of the molecule is COC1CCN(S(=O)(=O)N2CCC(C(=O)O)CC2)CC1. The molecule has 7 nitrogen and oxygen atoms in total. The van der Waals surface area contributed by atoms with Gasteiger partial charge in [-0.1, -0.05) is 0 Å². The number of hydrogen-bond donors (Lipinski definition) is 1. The van der Waals surface area contributed by atoms with Gasteiger partial charge in [-0.15, -0.1) is 0 Å². The summed E-state index contributed by atoms with van der Waals surface area (Å²) in [6.07, 6.45) is 2.34. The van der Waals surface area contributed by atoms with Gasteiger partial charge < -0.3 is 9.84 Å². The van der Waals surface area contributed by atoms with Crippen LogP contribution in [-0.4, -0.2) is 67.5 Å². The van der Waals surface area contributed by atoms with E-state index >= 15 is 0 Å². The summed E-state index contributed by atoms with van der Waals surface area (Å²) in [6, 6.07) is 0. The summed E-state index contributed by atoms with van der Waals surface area (Å²) >= 11 is 0. The number of aliphatic carboxylic acids is 1. The molecule has 0 bridgehead atoms. The highest BCUT2D eigenvalue weighted by atomic mass is 32.2. The van der Waals surface area contributed by atoms with Crippen molar-refractivity contribution in [2.24, 2.45) is 5.92 Å². The fourth-order valence-corrected chi connectivity index (χ4v) is 4.47. The average Bonchev–Trinajstić information content (AvgIpc) is 2.47. The Balaban J connectivity index is 1.93. The molecule has 0 unspecified atom stereocenters. The van der Waals surface area contributed by atoms with E-state index in [-0.39, 0.29) is 6.10 Å². The van der Waals surface area contributed by atoms with Crippen LogP contribution in [0.1, 0.15) is 25.7 Å². The molecule has 0 spiro atoms. The van der Waals surface area contributed by atoms with E-state index in [9.17, 15) is 13.2 Å². The van der Waals surface area contributed by atoms with Crippen LogP contribution in [0.25, 0.3) is 0 Å². The predicted molar refractivity (Wildman–Crippen MR) is 72.5 cm³/mol. The van der Waals surface area contributed by atoms with Gasteiger partial charge in [0.05, 0.1) is 12.0 Å². The van der Waals surface area contributed by atoms with Gasteiger partial charge in [0.1, 0.15) is 0 Å². The van der Waals surface area contributed by atoms with Gasteiger partial charge in [-0.25, -0.2) is 0 Å². The maximum absolute atomic E-state index is 12.5. The minimum atomic E-state index is -3.45. The molecule has 0 aromatic rings. The summed E-state index contributed by atoms with van der Waals surface area (Å²) < 4.78 is 33.1. The average molecular weight is 306 g/mol. The first-order valence-electron chi connectivity index (χ1n) is 6.96. The van der Waals surface area contributed by atoms with E-state index in [1.165, 1.54) is 8.61 Å². The first kappa shape index (κ1) is 15.7. The van der Waals surface area contributed by atoms with Gasteiger partial charge in [0.25, 0.3) is 10.2 Å². The van der Waals surface area contributed by atoms with Gasteiger partial charge in [0, 0.05) is 33.3 Å². The Bertz CT molecular complexity index is 437. The number of carboxylic acids is 1. The second-order valence-corrected chi connectivity index (χ2v) is 7.28. The summed E-state index contributed by atoms with van der Waals surface area (Å²) in [5.41, 5.74) is 0. The van der Waals surface area contributed by atoms with Crippen molar-refractivity contribution in [2.75, 3.05) is 33.3 Å². The fraction of sp³-hybridized carbons (Fsp3) is 0.917. The van der Waals surface area contributed by atoms with Crippen LogP contribution in [0.2, 0.25) is 0 Å². The number of carbonyl (C=O) groups is 1. The van der Waals surface area contributed by atoms with Crippen molar-refractivity contribution in [1.82, 2.24) is 8.61 Å². The van der Waals surface area contributed by atoms with Gasteiger partial charge in [-0.3, -0.25) is 4.79 Å². The molecule has 0 radical (unpaired) electrons. The van der Waals surface area contributed by atoms with Crippen LogP contribution in [0.4, 0.5) is 0 Å². The lowest BCUT2D eigenvalue weighted by molar-refractivity contribution is -0.142. The van der Waals surface area contributed by atoms with E-state index in [2.05, 4.69) is 0 Å². The Morgan fingerprint density at radius 1 is 1.05 bits per heavy atom. The smallest absolute Gasteiger partial charge is 0.306 e. The van der Waals surface area contributed by atoms with E-state index in [0.717, 1.165) is 0 Å². The molecule has 20 heavy (non-hydrogen) atoms. The fourth-order valence-electron chi connectivity index (χ4n) is 2.80. The molecule has 0 aromatic heterocycles. The van der Waals surface area contributed by atoms with Crippen molar-refractivity contribution in [2.45, 2.75) is 31.8 Å². The molecule has 2 saturated heterocycles. The Labute approximate surface area is 119 Å². The highest BCUT2D eigenvalue weighted by Gasteiger charge is 2.36. The minimum absolute atomic E-state index is 0.138. The Morgan fingerprint density at radius 3 is 1.90 bits per heavy atom. The molecule has 8 heteroatoms. The molecule has 0 aromatic carbocycles. The van der Waals surface area contributed by atoms with Crippen LogP contribution in [0.3, 0.4) is 0 Å². The van der Waals surface area contributed by atoms with E-state index in [1.54, 1.807) is 7.11 Å². The maximum Gasteiger partial charge on any atom is 0.306 e. The lowest BCUT2D eigenvalue weighted by Gasteiger charge is -2.36. The lowest BCUT2D eigenvalue weighted by atomic mass is 9.99. The molecule has 0 atom stereocenters. The first-order chi connectivity index (χ1) is 9.45. The van der Waals surface area contributed by atoms with Crippen molar-refractivity contribution in [3.05, 3.63) is 0 Å². The van der Waals surface area contributed by atoms with Crippen LogP contribution >= 0.6 is 0 Å². The third-order valence-corrected chi connectivity index (χ3v) is 6.23. The second-order valence-electron chi connectivity index (χ2n) is 5.35. The van der Waals surface area contributed by atoms with Crippen LogP contribution in [0.5, 0.6) is 0 Å². The van der Waals surface area contributed by atoms with Gasteiger partial charge in [0.2, 0.25) is 0 Å². The standard InChI is InChI=1S/C12H22N2O5S/c1-19-11-4-8-14(9-5-11)20(17,18)13-6-2-10(3-7-13)12(15)16/h10-11H,2-9H2,1H3,(H,15,16). The summed E-state index contributed by atoms with van der Waals surface area (Å²) in [7, 11) is -1.80. The first-order valence-corrected chi connectivity index (χ1v) is 8.35. The predicted octanol–water partition coefficient (Wildman–Crippen LogP) is 0.139. The summed E-state index contributed by atoms with van der Waals surface area (Å²) in [4.78, 5) is 10.9. The molecule has 1 N–H and O–H groups in total. The van der Waals surface area contributed by atoms with Crippen LogP contribution < -0.4 is 0 Å². The van der Waals surface area contributed by atoms with Gasteiger partial charge in [0.15, 0.2) is 0 Å². The molecule has 2 fully saturated rings. The zero-order valence-electron chi connectivity index (χ0n) is 11.7. The van der Waals surface area contributed by atoms with Gasteiger partial charge in [-0.05, 0) is 25.7 Å². The molecule has 116 valence electrons. The Hall–Kier alpha value is -0.700. The summed E-state index contributed by atoms with van der Waals surface area (Å²) in [5.74, 6) is -1.25. The number of nitrogens with zero attached hydrogens (tertiary/aromatic N) is 2. The number of rotatable bonds is 4. The zero-order valence-corrected chi connectivity index (χ0v) is 12.5. The second kappa shape index (κ2) is 6.38. The van der Waals surface area contributed by atoms with Gasteiger partial charge in [-0.2, -0.15) is 17.0 Å². The minimum Gasteiger partial charge on any atom is -0.481 e. The van der Waals surface area contributed by atoms with Crippen molar-refractivity contribution >= 4 is 16.2 Å². The third-order valence-electron chi connectivity index (χ3n) is 4.19. The quantitative estimate of drug-likeness (QED) is 0.798. The molecule has 2 aliphatic rings. The maximum atomic E-state index is 12.5. The molecule has 2 aliphatic heterocycles. The van der Waals surface area contributed by atoms with Crippen LogP contribution in [0.15, 0.2) is 0 Å². The van der Waals surface area contributed by atoms with Crippen molar-refractivity contribution < 1.29 is 23.1 Å². The van der Waals surface area contributed by atoms with E-state index < -0.39 is 22.1 Å². The number of carboxylic acid groups (broad SMARTS) is 1. The molecule has 0 saturated carbocycles. The zero-order chi connectivity index (χ0) is 14.8. The number of piperidine rings is 2. The summed E-state index contributed by atoms with van der Waals surface area (Å²) in [5, 5.41) is 8.94. The molecular weight excluding hydrogens is 284 g/mol. The highest BCUT2D eigenvalue weighted by molar-refractivity contribution is 7.86. The number of hydrogen-bond acceptors (Lipinski definition) is 4. The van der Waals surface area contributed by atoms with Crippen molar-refractivity contribution in [1.29, 1.82) is 0 Å². The Kier molecular flexibility index (Phi) is 5.00. The van der Waals surface area contributed by atoms with E-state index in [0.29, 0.717) is 51.9 Å². The van der Waals surface area contributed by atoms with Crippen LogP contribution in [-0.2, 0) is 19.7 Å². The number of ether oxygens (including phenoxy) is 1. The largest absolute Gasteiger partial charge is 0.481 e. The van der Waals surface area contributed by atoms with E-state index in [4.69, 9.17) is 9.84 Å². The third kappa shape index (κ3) is 3.30. The monoisotopic (exact) mass is 306 g/mol. The van der Waals surface area contributed by atoms with Gasteiger partial charge >= 0.3 is 5.97 Å². The normalized spacial score (nSPS) is 24.9. The molecule has 0 amide bonds. The van der Waals surface area contributed by atoms with Crippen LogP contribution in [0, 0.1) is 5.92 Å². The topological polar surface area (TPSA) is 87.2 Å². The molecular formula is C12H22N2O5S. The molecule has 2 heterocycles. The molecule has 2 rings (SSSR count). The lowest BCUT2D eigenvalue weighted by Crippen LogP contribution is -2.50. The van der Waals surface area contributed by atoms with Crippen molar-refractivity contribution in [3.63, 3.8) is 0 Å². The molecule has 0 aliphatic carbocycles. The van der Waals surface area contributed by atoms with E-state index in [1.807, 2.05) is 0 Å². The Morgan fingerprint density at radius 2 is 1.50 bits per heavy atom. The summed E-state index contributed by atoms with van der Waals surface area (Å²) in [6.45, 7) is 1.53. The number of methoxy groups -OCH3 is 1. The van der Waals surface area contributed by atoms with Crippen molar-refractivity contribution in [3.8, 4) is 0 Å². The highest BCUT2D eigenvalue weighted by Crippen LogP contribution is 2.24.